The predicted molar refractivity (Wildman–Crippen MR) is 56.5 cm³/mol. The Morgan fingerprint density at radius 3 is 2.93 bits per heavy atom. The molecular weight excluding hydrogens is 192 g/mol. The van der Waals surface area contributed by atoms with Crippen molar-refractivity contribution in [1.29, 1.82) is 0 Å². The molecule has 2 atom stereocenters. The van der Waals surface area contributed by atoms with Gasteiger partial charge in [-0.2, -0.15) is 0 Å². The van der Waals surface area contributed by atoms with E-state index >= 15 is 0 Å². The van der Waals surface area contributed by atoms with Crippen LogP contribution in [0.2, 0.25) is 0 Å². The van der Waals surface area contributed by atoms with Crippen molar-refractivity contribution in [1.82, 2.24) is 0 Å². The van der Waals surface area contributed by atoms with Crippen LogP contribution in [0, 0.1) is 0 Å². The topological polar surface area (TPSA) is 35.5 Å². The molecule has 0 unspecified atom stereocenters. The van der Waals surface area contributed by atoms with Crippen molar-refractivity contribution in [2.24, 2.45) is 0 Å². The molecule has 3 heteroatoms. The summed E-state index contributed by atoms with van der Waals surface area (Å²) in [7, 11) is 0. The van der Waals surface area contributed by atoms with Gasteiger partial charge in [-0.25, -0.2) is 0 Å². The summed E-state index contributed by atoms with van der Waals surface area (Å²) in [6.07, 6.45) is 9.35. The maximum atomic E-state index is 10.8. The van der Waals surface area contributed by atoms with E-state index in [1.807, 2.05) is 6.08 Å². The summed E-state index contributed by atoms with van der Waals surface area (Å²) in [5.74, 6) is -0.201. The third-order valence-corrected chi connectivity index (χ3v) is 3.15. The number of esters is 1. The average molecular weight is 210 g/mol. The first kappa shape index (κ1) is 10.7. The van der Waals surface area contributed by atoms with Crippen LogP contribution in [0.3, 0.4) is 0 Å². The highest BCUT2D eigenvalue weighted by Gasteiger charge is 2.34. The second-order valence-corrected chi connectivity index (χ2v) is 4.42. The first-order valence-corrected chi connectivity index (χ1v) is 5.71. The molecule has 1 aliphatic heterocycles. The molecule has 3 nitrogen and oxygen atoms in total. The van der Waals surface area contributed by atoms with Crippen LogP contribution >= 0.6 is 0 Å². The Kier molecular flexibility index (Phi) is 3.10. The molecule has 0 saturated carbocycles. The minimum atomic E-state index is -0.201. The number of carbonyl (C=O) groups is 1. The molecule has 0 amide bonds. The van der Waals surface area contributed by atoms with Gasteiger partial charge in [0.15, 0.2) is 0 Å². The molecule has 0 aromatic carbocycles. The highest BCUT2D eigenvalue weighted by Crippen LogP contribution is 2.34. The molecule has 1 heterocycles. The minimum Gasteiger partial charge on any atom is -0.458 e. The zero-order valence-electron chi connectivity index (χ0n) is 9.20. The lowest BCUT2D eigenvalue weighted by Crippen LogP contribution is -2.23. The zero-order valence-corrected chi connectivity index (χ0v) is 9.20. The summed E-state index contributed by atoms with van der Waals surface area (Å²) in [5, 5.41) is 0. The van der Waals surface area contributed by atoms with E-state index in [4.69, 9.17) is 9.47 Å². The summed E-state index contributed by atoms with van der Waals surface area (Å²) in [5.41, 5.74) is -0.0467. The van der Waals surface area contributed by atoms with Gasteiger partial charge in [-0.05, 0) is 38.2 Å². The van der Waals surface area contributed by atoms with E-state index in [0.29, 0.717) is 0 Å². The summed E-state index contributed by atoms with van der Waals surface area (Å²) in [6, 6.07) is 0. The number of hydrogen-bond donors (Lipinski definition) is 0. The van der Waals surface area contributed by atoms with Crippen LogP contribution in [0.4, 0.5) is 0 Å². The van der Waals surface area contributed by atoms with E-state index in [1.54, 1.807) is 0 Å². The standard InChI is InChI=1S/C12H18O3/c1-10(13)15-11-4-2-6-12(8-5-11)7-3-9-14-12/h5,8,11H,2-4,6-7,9H2,1H3/t11-,12+/m1/s1. The average Bonchev–Trinajstić information content (AvgIpc) is 2.53. The monoisotopic (exact) mass is 210 g/mol. The normalized spacial score (nSPS) is 35.4. The van der Waals surface area contributed by atoms with Crippen molar-refractivity contribution >= 4 is 5.97 Å². The van der Waals surface area contributed by atoms with Crippen LogP contribution in [0.25, 0.3) is 0 Å². The fourth-order valence-corrected chi connectivity index (χ4v) is 2.42. The van der Waals surface area contributed by atoms with Gasteiger partial charge in [0.05, 0.1) is 5.60 Å². The first-order chi connectivity index (χ1) is 7.20. The van der Waals surface area contributed by atoms with Crippen molar-refractivity contribution < 1.29 is 14.3 Å². The van der Waals surface area contributed by atoms with Crippen LogP contribution in [-0.2, 0) is 14.3 Å². The number of hydrogen-bond acceptors (Lipinski definition) is 3. The van der Waals surface area contributed by atoms with Gasteiger partial charge in [0.2, 0.25) is 0 Å². The minimum absolute atomic E-state index is 0.0467. The van der Waals surface area contributed by atoms with Crippen molar-refractivity contribution in [2.75, 3.05) is 6.61 Å². The SMILES string of the molecule is CC(=O)O[C@H]1C=C[C@@]2(CCCO2)CCC1. The first-order valence-electron chi connectivity index (χ1n) is 5.71. The summed E-state index contributed by atoms with van der Waals surface area (Å²) >= 11 is 0. The van der Waals surface area contributed by atoms with E-state index in [0.717, 1.165) is 38.7 Å². The fraction of sp³-hybridized carbons (Fsp3) is 0.750. The van der Waals surface area contributed by atoms with Crippen molar-refractivity contribution in [2.45, 2.75) is 50.7 Å². The predicted octanol–water partition coefficient (Wildman–Crippen LogP) is 2.21. The Hall–Kier alpha value is -0.830. The van der Waals surface area contributed by atoms with Crippen molar-refractivity contribution in [3.63, 3.8) is 0 Å². The summed E-state index contributed by atoms with van der Waals surface area (Å²) in [6.45, 7) is 2.32. The Morgan fingerprint density at radius 1 is 1.47 bits per heavy atom. The zero-order chi connectivity index (χ0) is 10.7. The number of rotatable bonds is 1. The molecule has 2 aliphatic rings. The van der Waals surface area contributed by atoms with Crippen molar-refractivity contribution in [3.8, 4) is 0 Å². The highest BCUT2D eigenvalue weighted by molar-refractivity contribution is 5.66. The molecule has 0 bridgehead atoms. The van der Waals surface area contributed by atoms with Crippen molar-refractivity contribution in [3.05, 3.63) is 12.2 Å². The largest absolute Gasteiger partial charge is 0.458 e. The van der Waals surface area contributed by atoms with E-state index in [-0.39, 0.29) is 17.7 Å². The van der Waals surface area contributed by atoms with Gasteiger partial charge >= 0.3 is 5.97 Å². The van der Waals surface area contributed by atoms with Crippen LogP contribution in [0.5, 0.6) is 0 Å². The number of carbonyl (C=O) groups excluding carboxylic acids is 1. The molecule has 0 aromatic heterocycles. The molecule has 0 radical (unpaired) electrons. The smallest absolute Gasteiger partial charge is 0.303 e. The van der Waals surface area contributed by atoms with E-state index in [1.165, 1.54) is 6.92 Å². The lowest BCUT2D eigenvalue weighted by atomic mass is 9.95. The molecule has 1 spiro atoms. The van der Waals surface area contributed by atoms with E-state index in [2.05, 4.69) is 6.08 Å². The fourth-order valence-electron chi connectivity index (χ4n) is 2.42. The van der Waals surface area contributed by atoms with Gasteiger partial charge in [0.1, 0.15) is 6.10 Å². The van der Waals surface area contributed by atoms with Gasteiger partial charge in [-0.1, -0.05) is 6.08 Å². The van der Waals surface area contributed by atoms with Gasteiger partial charge in [0, 0.05) is 13.5 Å². The molecule has 84 valence electrons. The second kappa shape index (κ2) is 4.35. The molecule has 15 heavy (non-hydrogen) atoms. The number of ether oxygens (including phenoxy) is 2. The van der Waals surface area contributed by atoms with Crippen LogP contribution in [0.1, 0.15) is 39.0 Å². The summed E-state index contributed by atoms with van der Waals surface area (Å²) < 4.78 is 11.0. The lowest BCUT2D eigenvalue weighted by Gasteiger charge is -2.22. The maximum absolute atomic E-state index is 10.8. The quantitative estimate of drug-likeness (QED) is 0.491. The van der Waals surface area contributed by atoms with Gasteiger partial charge in [-0.15, -0.1) is 0 Å². The summed E-state index contributed by atoms with van der Waals surface area (Å²) in [4.78, 5) is 10.8. The molecule has 1 aliphatic carbocycles. The Morgan fingerprint density at radius 2 is 2.27 bits per heavy atom. The van der Waals surface area contributed by atoms with Crippen LogP contribution in [0.15, 0.2) is 12.2 Å². The third-order valence-electron chi connectivity index (χ3n) is 3.15. The Bertz CT molecular complexity index is 264. The Balaban J connectivity index is 2.00. The van der Waals surface area contributed by atoms with Gasteiger partial charge in [-0.3, -0.25) is 4.79 Å². The van der Waals surface area contributed by atoms with E-state index in [9.17, 15) is 4.79 Å². The third kappa shape index (κ3) is 2.59. The molecule has 0 N–H and O–H groups in total. The molecular formula is C12H18O3. The highest BCUT2D eigenvalue weighted by atomic mass is 16.5. The second-order valence-electron chi connectivity index (χ2n) is 4.42. The maximum Gasteiger partial charge on any atom is 0.303 e. The molecule has 1 saturated heterocycles. The van der Waals surface area contributed by atoms with Crippen LogP contribution < -0.4 is 0 Å². The van der Waals surface area contributed by atoms with E-state index < -0.39 is 0 Å². The lowest BCUT2D eigenvalue weighted by molar-refractivity contribution is -0.144. The molecule has 1 fully saturated rings. The van der Waals surface area contributed by atoms with Gasteiger partial charge < -0.3 is 9.47 Å². The Labute approximate surface area is 90.4 Å². The molecule has 2 rings (SSSR count). The molecule has 0 aromatic rings. The van der Waals surface area contributed by atoms with Crippen LogP contribution in [-0.4, -0.2) is 24.3 Å². The van der Waals surface area contributed by atoms with Gasteiger partial charge in [0.25, 0.3) is 0 Å².